The van der Waals surface area contributed by atoms with Crippen molar-refractivity contribution in [3.63, 3.8) is 0 Å². The molecule has 2 aliphatic carbocycles. The van der Waals surface area contributed by atoms with Gasteiger partial charge in [-0.25, -0.2) is 0 Å². The molecule has 0 bridgehead atoms. The van der Waals surface area contributed by atoms with E-state index in [0.717, 1.165) is 25.7 Å². The molecule has 0 aromatic rings. The molecule has 0 radical (unpaired) electrons. The van der Waals surface area contributed by atoms with Crippen molar-refractivity contribution < 1.29 is 29.0 Å². The minimum atomic E-state index is -0.937. The van der Waals surface area contributed by atoms with Gasteiger partial charge >= 0.3 is 17.9 Å². The van der Waals surface area contributed by atoms with E-state index in [2.05, 4.69) is 0 Å². The van der Waals surface area contributed by atoms with Gasteiger partial charge in [-0.05, 0) is 38.5 Å². The van der Waals surface area contributed by atoms with E-state index in [9.17, 15) is 19.5 Å². The molecule has 2 heterocycles. The first-order chi connectivity index (χ1) is 11.0. The van der Waals surface area contributed by atoms with E-state index in [4.69, 9.17) is 9.47 Å². The van der Waals surface area contributed by atoms with Crippen LogP contribution in [0.1, 0.15) is 38.5 Å². The van der Waals surface area contributed by atoms with Crippen LogP contribution in [0.15, 0.2) is 0 Å². The Hall–Kier alpha value is -1.08. The van der Waals surface area contributed by atoms with Crippen LogP contribution in [0, 0.1) is 23.7 Å². The Bertz CT molecular complexity index is 549. The van der Waals surface area contributed by atoms with Crippen LogP contribution in [0.25, 0.3) is 0 Å². The molecule has 7 heteroatoms. The van der Waals surface area contributed by atoms with Crippen molar-refractivity contribution >= 4 is 29.7 Å². The highest BCUT2D eigenvalue weighted by molar-refractivity contribution is 8.00. The van der Waals surface area contributed by atoms with Gasteiger partial charge in [0.15, 0.2) is 0 Å². The molecule has 0 amide bonds. The summed E-state index contributed by atoms with van der Waals surface area (Å²) in [5.41, 5.74) is 0. The lowest BCUT2D eigenvalue weighted by atomic mass is 9.80. The average Bonchev–Trinajstić information content (AvgIpc) is 2.96. The van der Waals surface area contributed by atoms with Gasteiger partial charge in [-0.3, -0.25) is 14.4 Å². The van der Waals surface area contributed by atoms with Gasteiger partial charge in [0.25, 0.3) is 0 Å². The Morgan fingerprint density at radius 2 is 1.48 bits per heavy atom. The zero-order chi connectivity index (χ0) is 16.1. The van der Waals surface area contributed by atoms with Crippen LogP contribution in [0.5, 0.6) is 0 Å². The monoisotopic (exact) mass is 340 g/mol. The van der Waals surface area contributed by atoms with Gasteiger partial charge in [0, 0.05) is 16.4 Å². The summed E-state index contributed by atoms with van der Waals surface area (Å²) in [7, 11) is 0. The lowest BCUT2D eigenvalue weighted by Gasteiger charge is -2.34. The van der Waals surface area contributed by atoms with Crippen molar-refractivity contribution in [1.82, 2.24) is 0 Å². The first kappa shape index (κ1) is 15.4. The number of esters is 3. The molecule has 2 saturated carbocycles. The van der Waals surface area contributed by atoms with Crippen molar-refractivity contribution in [2.75, 3.05) is 0 Å². The second kappa shape index (κ2) is 5.77. The third kappa shape index (κ3) is 2.67. The lowest BCUT2D eigenvalue weighted by molar-refractivity contribution is -0.157. The zero-order valence-corrected chi connectivity index (χ0v) is 13.5. The predicted molar refractivity (Wildman–Crippen MR) is 80.0 cm³/mol. The molecule has 0 spiro atoms. The molecule has 6 nitrogen and oxygen atoms in total. The van der Waals surface area contributed by atoms with Crippen LogP contribution < -0.4 is 0 Å². The third-order valence-corrected chi connectivity index (χ3v) is 7.38. The summed E-state index contributed by atoms with van der Waals surface area (Å²) in [5, 5.41) is 10.4. The van der Waals surface area contributed by atoms with Crippen LogP contribution >= 0.6 is 11.8 Å². The molecule has 2 aliphatic heterocycles. The molecule has 4 rings (SSSR count). The molecule has 7 atom stereocenters. The maximum Gasteiger partial charge on any atom is 0.317 e. The molecule has 2 saturated heterocycles. The highest BCUT2D eigenvalue weighted by Gasteiger charge is 2.50. The fourth-order valence-corrected chi connectivity index (χ4v) is 6.23. The van der Waals surface area contributed by atoms with Crippen LogP contribution in [-0.4, -0.2) is 39.8 Å². The number of hydrogen-bond acceptors (Lipinski definition) is 7. The second-order valence-electron chi connectivity index (χ2n) is 7.06. The van der Waals surface area contributed by atoms with Gasteiger partial charge in [-0.1, -0.05) is 0 Å². The Labute approximate surface area is 138 Å². The number of aliphatic hydroxyl groups is 1. The average molecular weight is 340 g/mol. The van der Waals surface area contributed by atoms with Crippen LogP contribution in [0.2, 0.25) is 0 Å². The summed E-state index contributed by atoms with van der Waals surface area (Å²) in [6, 6.07) is 0. The van der Waals surface area contributed by atoms with Crippen LogP contribution in [0.3, 0.4) is 0 Å². The number of carbonyl (C=O) groups excluding carboxylic acids is 3. The van der Waals surface area contributed by atoms with E-state index in [-0.39, 0.29) is 41.6 Å². The van der Waals surface area contributed by atoms with Crippen molar-refractivity contribution in [1.29, 1.82) is 0 Å². The van der Waals surface area contributed by atoms with Crippen LogP contribution in [0.4, 0.5) is 0 Å². The first-order valence-corrected chi connectivity index (χ1v) is 9.26. The Kier molecular flexibility index (Phi) is 3.88. The fraction of sp³-hybridized carbons (Fsp3) is 0.812. The van der Waals surface area contributed by atoms with Gasteiger partial charge in [0.1, 0.15) is 0 Å². The quantitative estimate of drug-likeness (QED) is 0.597. The van der Waals surface area contributed by atoms with Crippen molar-refractivity contribution in [2.45, 2.75) is 55.3 Å². The molecule has 23 heavy (non-hydrogen) atoms. The van der Waals surface area contributed by atoms with E-state index >= 15 is 0 Å². The minimum absolute atomic E-state index is 0.0579. The van der Waals surface area contributed by atoms with Crippen molar-refractivity contribution in [3.05, 3.63) is 0 Å². The molecule has 1 N–H and O–H groups in total. The number of fused-ring (bicyclic) bond motifs is 2. The number of rotatable bonds is 2. The largest absolute Gasteiger partial charge is 0.435 e. The molecule has 7 unspecified atom stereocenters. The summed E-state index contributed by atoms with van der Waals surface area (Å²) >= 11 is 1.84. The maximum atomic E-state index is 11.8. The minimum Gasteiger partial charge on any atom is -0.435 e. The Balaban J connectivity index is 1.35. The van der Waals surface area contributed by atoms with Gasteiger partial charge < -0.3 is 14.6 Å². The van der Waals surface area contributed by atoms with E-state index in [0.29, 0.717) is 23.3 Å². The highest BCUT2D eigenvalue weighted by Crippen LogP contribution is 2.47. The predicted octanol–water partition coefficient (Wildman–Crippen LogP) is 1.25. The second-order valence-corrected chi connectivity index (χ2v) is 8.66. The lowest BCUT2D eigenvalue weighted by Crippen LogP contribution is -2.33. The molecule has 0 aromatic heterocycles. The van der Waals surface area contributed by atoms with Gasteiger partial charge in [-0.2, -0.15) is 11.8 Å². The Morgan fingerprint density at radius 3 is 2.26 bits per heavy atom. The zero-order valence-electron chi connectivity index (χ0n) is 12.7. The standard InChI is InChI=1S/C16H20O6S/c17-13-9-3-1-7(5-11(9)15(19)21-13)23-8-2-4-10-12(6-8)16(20)22-14(10)18/h7-13,17H,1-6H2. The summed E-state index contributed by atoms with van der Waals surface area (Å²) in [5.74, 6) is -1.76. The number of cyclic esters (lactones) is 3. The Morgan fingerprint density at radius 1 is 0.826 bits per heavy atom. The normalized spacial score (nSPS) is 46.1. The summed E-state index contributed by atoms with van der Waals surface area (Å²) in [4.78, 5) is 35.1. The number of aliphatic hydroxyl groups excluding tert-OH is 1. The van der Waals surface area contributed by atoms with E-state index < -0.39 is 6.29 Å². The smallest absolute Gasteiger partial charge is 0.317 e. The molecule has 4 aliphatic rings. The maximum absolute atomic E-state index is 11.8. The number of thioether (sulfide) groups is 1. The molecular formula is C16H20O6S. The number of ether oxygens (including phenoxy) is 2. The van der Waals surface area contributed by atoms with Crippen molar-refractivity contribution in [3.8, 4) is 0 Å². The summed E-state index contributed by atoms with van der Waals surface area (Å²) < 4.78 is 9.69. The summed E-state index contributed by atoms with van der Waals surface area (Å²) in [6.07, 6.45) is 3.87. The van der Waals surface area contributed by atoms with E-state index in [1.165, 1.54) is 0 Å². The van der Waals surface area contributed by atoms with E-state index in [1.807, 2.05) is 11.8 Å². The number of carbonyl (C=O) groups is 3. The van der Waals surface area contributed by atoms with Crippen LogP contribution in [-0.2, 0) is 23.9 Å². The van der Waals surface area contributed by atoms with Gasteiger partial charge in [0.2, 0.25) is 6.29 Å². The topological polar surface area (TPSA) is 89.9 Å². The van der Waals surface area contributed by atoms with Gasteiger partial charge in [-0.15, -0.1) is 0 Å². The molecular weight excluding hydrogens is 320 g/mol. The molecule has 126 valence electrons. The fourth-order valence-electron chi connectivity index (χ4n) is 4.51. The van der Waals surface area contributed by atoms with Gasteiger partial charge in [0.05, 0.1) is 17.8 Å². The third-order valence-electron chi connectivity index (χ3n) is 5.76. The van der Waals surface area contributed by atoms with Crippen molar-refractivity contribution in [2.24, 2.45) is 23.7 Å². The molecule has 4 fully saturated rings. The highest BCUT2D eigenvalue weighted by atomic mass is 32.2. The first-order valence-electron chi connectivity index (χ1n) is 8.32. The SMILES string of the molecule is O=C1OC(=O)C2CC(SC3CCC4C(O)OC(=O)C4C3)CCC12. The van der Waals surface area contributed by atoms with E-state index in [1.54, 1.807) is 0 Å². The molecule has 0 aromatic carbocycles. The number of hydrogen-bond donors (Lipinski definition) is 1. The summed E-state index contributed by atoms with van der Waals surface area (Å²) in [6.45, 7) is 0.